The lowest BCUT2D eigenvalue weighted by molar-refractivity contribution is -0.137. The van der Waals surface area contributed by atoms with Gasteiger partial charge in [-0.05, 0) is 48.4 Å². The highest BCUT2D eigenvalue weighted by Gasteiger charge is 2.34. The first kappa shape index (κ1) is 24.3. The summed E-state index contributed by atoms with van der Waals surface area (Å²) in [6, 6.07) is 16.2. The molecule has 1 atom stereocenters. The van der Waals surface area contributed by atoms with E-state index in [1.807, 2.05) is 31.2 Å². The quantitative estimate of drug-likeness (QED) is 0.437. The molecular formula is C26H32N2O5. The molecule has 0 spiro atoms. The van der Waals surface area contributed by atoms with Crippen molar-refractivity contribution in [3.8, 4) is 11.1 Å². The second-order valence-corrected chi connectivity index (χ2v) is 8.60. The minimum absolute atomic E-state index is 0.0457. The Kier molecular flexibility index (Phi) is 8.09. The summed E-state index contributed by atoms with van der Waals surface area (Å²) in [5.41, 5.74) is 3.48. The van der Waals surface area contributed by atoms with E-state index in [-0.39, 0.29) is 24.9 Å². The van der Waals surface area contributed by atoms with Gasteiger partial charge in [-0.3, -0.25) is 9.59 Å². The van der Waals surface area contributed by atoms with Gasteiger partial charge in [0.05, 0.1) is 0 Å². The number of carbonyl (C=O) groups is 3. The van der Waals surface area contributed by atoms with E-state index >= 15 is 0 Å². The van der Waals surface area contributed by atoms with Crippen LogP contribution in [0.3, 0.4) is 0 Å². The van der Waals surface area contributed by atoms with Crippen molar-refractivity contribution < 1.29 is 24.2 Å². The molecule has 0 radical (unpaired) electrons. The topological polar surface area (TPSA) is 105 Å². The van der Waals surface area contributed by atoms with Crippen molar-refractivity contribution in [2.75, 3.05) is 13.2 Å². The lowest BCUT2D eigenvalue weighted by Crippen LogP contribution is -2.56. The van der Waals surface area contributed by atoms with Crippen molar-refractivity contribution in [1.82, 2.24) is 10.6 Å². The number of carbonyl (C=O) groups excluding carboxylic acids is 2. The number of carboxylic acids is 1. The number of aliphatic carboxylic acids is 1. The third-order valence-electron chi connectivity index (χ3n) is 6.28. The highest BCUT2D eigenvalue weighted by molar-refractivity contribution is 5.89. The summed E-state index contributed by atoms with van der Waals surface area (Å²) in [5, 5.41) is 14.2. The third-order valence-corrected chi connectivity index (χ3v) is 6.28. The number of nitrogens with one attached hydrogen (secondary N) is 2. The predicted molar refractivity (Wildman–Crippen MR) is 126 cm³/mol. The van der Waals surface area contributed by atoms with Crippen LogP contribution in [0.25, 0.3) is 11.1 Å². The number of hydrogen-bond acceptors (Lipinski definition) is 4. The number of hydrogen-bond donors (Lipinski definition) is 3. The summed E-state index contributed by atoms with van der Waals surface area (Å²) >= 11 is 0. The molecule has 0 saturated heterocycles. The Morgan fingerprint density at radius 3 is 2.15 bits per heavy atom. The Balaban J connectivity index is 1.53. The van der Waals surface area contributed by atoms with Gasteiger partial charge in [0.15, 0.2) is 0 Å². The zero-order valence-corrected chi connectivity index (χ0v) is 19.2. The average Bonchev–Trinajstić information content (AvgIpc) is 3.13. The summed E-state index contributed by atoms with van der Waals surface area (Å²) in [7, 11) is 0. The van der Waals surface area contributed by atoms with Gasteiger partial charge in [-0.2, -0.15) is 0 Å². The highest BCUT2D eigenvalue weighted by atomic mass is 16.5. The zero-order valence-electron chi connectivity index (χ0n) is 19.2. The minimum atomic E-state index is -1.09. The van der Waals surface area contributed by atoms with Crippen LogP contribution in [-0.2, 0) is 14.3 Å². The van der Waals surface area contributed by atoms with E-state index in [9.17, 15) is 14.4 Å². The monoisotopic (exact) mass is 452 g/mol. The molecule has 0 bridgehead atoms. The van der Waals surface area contributed by atoms with Crippen LogP contribution in [0, 0.1) is 0 Å². The molecule has 0 aromatic heterocycles. The Hall–Kier alpha value is -3.35. The number of rotatable bonds is 11. The van der Waals surface area contributed by atoms with Crippen LogP contribution in [-0.4, -0.2) is 41.8 Å². The van der Waals surface area contributed by atoms with E-state index in [0.29, 0.717) is 25.8 Å². The Labute approximate surface area is 194 Å². The van der Waals surface area contributed by atoms with Crippen LogP contribution in [0.5, 0.6) is 0 Å². The standard InChI is InChI=1S/C26H32N2O5/c1-3-26(2,24(31)27-16-10-4-5-15-23(29)30)28-25(32)33-17-22-20-13-8-6-11-18(20)19-12-7-9-14-21(19)22/h6-9,11-14,22H,3-5,10,15-17H2,1-2H3,(H,27,31)(H,28,32)(H,29,30). The number of unbranched alkanes of at least 4 members (excludes halogenated alkanes) is 2. The van der Waals surface area contributed by atoms with Crippen molar-refractivity contribution in [3.05, 3.63) is 59.7 Å². The molecule has 2 aromatic rings. The van der Waals surface area contributed by atoms with Gasteiger partial charge in [0.2, 0.25) is 5.91 Å². The Morgan fingerprint density at radius 2 is 1.58 bits per heavy atom. The van der Waals surface area contributed by atoms with Gasteiger partial charge in [-0.25, -0.2) is 4.79 Å². The normalized spacial score (nSPS) is 14.0. The van der Waals surface area contributed by atoms with Gasteiger partial charge >= 0.3 is 12.1 Å². The first-order valence-electron chi connectivity index (χ1n) is 11.5. The second kappa shape index (κ2) is 11.0. The zero-order chi connectivity index (χ0) is 23.8. The van der Waals surface area contributed by atoms with Crippen molar-refractivity contribution >= 4 is 18.0 Å². The molecule has 1 aliphatic rings. The lowest BCUT2D eigenvalue weighted by atomic mass is 9.97. The van der Waals surface area contributed by atoms with Gasteiger partial charge in [-0.15, -0.1) is 0 Å². The van der Waals surface area contributed by atoms with Crippen molar-refractivity contribution in [2.45, 2.75) is 57.4 Å². The average molecular weight is 453 g/mol. The molecular weight excluding hydrogens is 420 g/mol. The number of carboxylic acid groups (broad SMARTS) is 1. The number of fused-ring (bicyclic) bond motifs is 3. The van der Waals surface area contributed by atoms with Crippen LogP contribution in [0.15, 0.2) is 48.5 Å². The number of alkyl carbamates (subject to hydrolysis) is 1. The molecule has 7 heteroatoms. The van der Waals surface area contributed by atoms with Crippen LogP contribution in [0.1, 0.15) is 63.0 Å². The fraction of sp³-hybridized carbons (Fsp3) is 0.423. The minimum Gasteiger partial charge on any atom is -0.481 e. The third kappa shape index (κ3) is 5.92. The van der Waals surface area contributed by atoms with E-state index in [2.05, 4.69) is 34.9 Å². The maximum atomic E-state index is 12.7. The first-order valence-corrected chi connectivity index (χ1v) is 11.5. The lowest BCUT2D eigenvalue weighted by Gasteiger charge is -2.28. The van der Waals surface area contributed by atoms with Crippen LogP contribution in [0.2, 0.25) is 0 Å². The first-order chi connectivity index (χ1) is 15.9. The largest absolute Gasteiger partial charge is 0.481 e. The molecule has 2 amide bonds. The molecule has 1 unspecified atom stereocenters. The van der Waals surface area contributed by atoms with Crippen molar-refractivity contribution in [3.63, 3.8) is 0 Å². The van der Waals surface area contributed by atoms with Crippen LogP contribution in [0.4, 0.5) is 4.79 Å². The SMILES string of the molecule is CCC(C)(NC(=O)OCC1c2ccccc2-c2ccccc21)C(=O)NCCCCCC(=O)O. The van der Waals surface area contributed by atoms with Crippen LogP contribution >= 0.6 is 0 Å². The molecule has 3 rings (SSSR count). The molecule has 0 aliphatic heterocycles. The molecule has 1 aliphatic carbocycles. The maximum absolute atomic E-state index is 12.7. The fourth-order valence-corrected chi connectivity index (χ4v) is 4.14. The highest BCUT2D eigenvalue weighted by Crippen LogP contribution is 2.44. The van der Waals surface area contributed by atoms with E-state index < -0.39 is 17.6 Å². The second-order valence-electron chi connectivity index (χ2n) is 8.60. The molecule has 176 valence electrons. The number of amides is 2. The molecule has 3 N–H and O–H groups in total. The summed E-state index contributed by atoms with van der Waals surface area (Å²) in [4.78, 5) is 35.8. The molecule has 2 aromatic carbocycles. The smallest absolute Gasteiger partial charge is 0.408 e. The number of benzene rings is 2. The molecule has 0 saturated carbocycles. The summed E-state index contributed by atoms with van der Waals surface area (Å²) in [6.45, 7) is 4.12. The Morgan fingerprint density at radius 1 is 0.970 bits per heavy atom. The number of ether oxygens (including phenoxy) is 1. The van der Waals surface area contributed by atoms with Crippen molar-refractivity contribution in [2.24, 2.45) is 0 Å². The maximum Gasteiger partial charge on any atom is 0.408 e. The molecule has 0 heterocycles. The van der Waals surface area contributed by atoms with Crippen LogP contribution < -0.4 is 10.6 Å². The van der Waals surface area contributed by atoms with E-state index in [4.69, 9.17) is 9.84 Å². The summed E-state index contributed by atoms with van der Waals surface area (Å²) < 4.78 is 5.58. The van der Waals surface area contributed by atoms with E-state index in [1.54, 1.807) is 6.92 Å². The van der Waals surface area contributed by atoms with Gasteiger partial charge in [0, 0.05) is 18.9 Å². The summed E-state index contributed by atoms with van der Waals surface area (Å²) in [6.07, 6.45) is 1.89. The predicted octanol–water partition coefficient (Wildman–Crippen LogP) is 4.46. The van der Waals surface area contributed by atoms with Gasteiger partial charge in [0.25, 0.3) is 0 Å². The molecule has 7 nitrogen and oxygen atoms in total. The van der Waals surface area contributed by atoms with Crippen molar-refractivity contribution in [1.29, 1.82) is 0 Å². The van der Waals surface area contributed by atoms with E-state index in [1.165, 1.54) is 0 Å². The van der Waals surface area contributed by atoms with Gasteiger partial charge in [-0.1, -0.05) is 61.9 Å². The Bertz CT molecular complexity index is 960. The van der Waals surface area contributed by atoms with Gasteiger partial charge in [0.1, 0.15) is 12.1 Å². The van der Waals surface area contributed by atoms with Gasteiger partial charge < -0.3 is 20.5 Å². The fourth-order valence-electron chi connectivity index (χ4n) is 4.14. The molecule has 0 fully saturated rings. The van der Waals surface area contributed by atoms with E-state index in [0.717, 1.165) is 28.7 Å². The molecule has 33 heavy (non-hydrogen) atoms. The summed E-state index contributed by atoms with van der Waals surface area (Å²) in [5.74, 6) is -1.14.